The van der Waals surface area contributed by atoms with Crippen LogP contribution in [0.4, 0.5) is 17.1 Å². The van der Waals surface area contributed by atoms with Gasteiger partial charge in [0.05, 0.1) is 11.4 Å². The van der Waals surface area contributed by atoms with Gasteiger partial charge in [-0.2, -0.15) is 0 Å². The highest BCUT2D eigenvalue weighted by Gasteiger charge is 2.24. The van der Waals surface area contributed by atoms with Crippen LogP contribution in [0, 0.1) is 0 Å². The van der Waals surface area contributed by atoms with Crippen LogP contribution >= 0.6 is 0 Å². The lowest BCUT2D eigenvalue weighted by molar-refractivity contribution is 0.673. The first-order chi connectivity index (χ1) is 31.7. The molecule has 11 aromatic carbocycles. The van der Waals surface area contributed by atoms with Gasteiger partial charge in [-0.15, -0.1) is 0 Å². The molecule has 0 aliphatic carbocycles. The van der Waals surface area contributed by atoms with E-state index in [2.05, 4.69) is 254 Å². The van der Waals surface area contributed by atoms with E-state index >= 15 is 0 Å². The summed E-state index contributed by atoms with van der Waals surface area (Å²) < 4.78 is 6.75. The first-order valence-electron chi connectivity index (χ1n) is 21.9. The summed E-state index contributed by atoms with van der Waals surface area (Å²) in [5.41, 5.74) is 16.6. The molecule has 0 fully saturated rings. The van der Waals surface area contributed by atoms with Crippen LogP contribution in [0.2, 0.25) is 0 Å². The molecule has 2 heteroatoms. The van der Waals surface area contributed by atoms with Crippen molar-refractivity contribution in [1.82, 2.24) is 0 Å². The Kier molecular flexibility index (Phi) is 9.20. The zero-order valence-corrected chi connectivity index (χ0v) is 35.0. The molecule has 1 aromatic heterocycles. The second-order valence-electron chi connectivity index (χ2n) is 16.4. The Labute approximate surface area is 372 Å². The number of anilines is 3. The fourth-order valence-electron chi connectivity index (χ4n) is 9.62. The van der Waals surface area contributed by atoms with Crippen molar-refractivity contribution in [2.24, 2.45) is 0 Å². The lowest BCUT2D eigenvalue weighted by Crippen LogP contribution is -2.13. The fraction of sp³-hybridized carbons (Fsp3) is 0. The van der Waals surface area contributed by atoms with Gasteiger partial charge in [0.25, 0.3) is 0 Å². The first-order valence-corrected chi connectivity index (χ1v) is 21.9. The third kappa shape index (κ3) is 6.52. The molecule has 300 valence electrons. The maximum absolute atomic E-state index is 6.75. The van der Waals surface area contributed by atoms with Crippen molar-refractivity contribution in [3.63, 3.8) is 0 Å². The van der Waals surface area contributed by atoms with Crippen molar-refractivity contribution in [2.75, 3.05) is 4.90 Å². The van der Waals surface area contributed by atoms with Crippen molar-refractivity contribution in [2.45, 2.75) is 0 Å². The number of rotatable bonds is 8. The Bertz CT molecular complexity index is 3660. The number of hydrogen-bond acceptors (Lipinski definition) is 2. The number of benzene rings is 11. The third-order valence-corrected chi connectivity index (χ3v) is 12.7. The molecule has 0 saturated carbocycles. The molecule has 0 bridgehead atoms. The molecule has 0 radical (unpaired) electrons. The highest BCUT2D eigenvalue weighted by atomic mass is 16.3. The predicted molar refractivity (Wildman–Crippen MR) is 271 cm³/mol. The van der Waals surface area contributed by atoms with Crippen molar-refractivity contribution >= 4 is 60.5 Å². The smallest absolute Gasteiger partial charge is 0.143 e. The first kappa shape index (κ1) is 37.3. The average Bonchev–Trinajstić information content (AvgIpc) is 3.77. The monoisotopic (exact) mass is 815 g/mol. The van der Waals surface area contributed by atoms with Crippen LogP contribution in [0.5, 0.6) is 0 Å². The molecular weight excluding hydrogens is 775 g/mol. The molecule has 1 heterocycles. The van der Waals surface area contributed by atoms with Gasteiger partial charge in [-0.05, 0) is 103 Å². The predicted octanol–water partition coefficient (Wildman–Crippen LogP) is 17.7. The maximum Gasteiger partial charge on any atom is 0.143 e. The van der Waals surface area contributed by atoms with Crippen molar-refractivity contribution in [3.05, 3.63) is 249 Å². The van der Waals surface area contributed by atoms with Gasteiger partial charge >= 0.3 is 0 Å². The summed E-state index contributed by atoms with van der Waals surface area (Å²) in [6, 6.07) is 89.8. The van der Waals surface area contributed by atoms with Gasteiger partial charge < -0.3 is 9.32 Å². The standard InChI is InChI=1S/C62H41NO/c1-3-16-42(17-4-1)47-23-13-24-48(40-47)43-32-36-50(37-33-43)63(59-41-49(35-38-53(59)45-18-5-2-6-19-45)52-28-14-22-44-20-7-9-25-51(44)52)58-30-12-11-27-55(58)56-29-15-31-60-61(56)57-39-34-46-21-8-10-26-54(46)62(57)64-60/h1-41H. The molecule has 0 saturated heterocycles. The van der Waals surface area contributed by atoms with Crippen LogP contribution in [0.3, 0.4) is 0 Å². The van der Waals surface area contributed by atoms with Crippen LogP contribution < -0.4 is 4.90 Å². The van der Waals surface area contributed by atoms with E-state index in [0.29, 0.717) is 0 Å². The summed E-state index contributed by atoms with van der Waals surface area (Å²) in [6.45, 7) is 0. The van der Waals surface area contributed by atoms with Gasteiger partial charge in [0.2, 0.25) is 0 Å². The number of hydrogen-bond donors (Lipinski definition) is 0. The molecule has 12 aromatic rings. The lowest BCUT2D eigenvalue weighted by atomic mass is 9.92. The van der Waals surface area contributed by atoms with Crippen LogP contribution in [0.1, 0.15) is 0 Å². The van der Waals surface area contributed by atoms with E-state index in [-0.39, 0.29) is 0 Å². The van der Waals surface area contributed by atoms with Gasteiger partial charge in [-0.1, -0.05) is 206 Å². The van der Waals surface area contributed by atoms with Crippen molar-refractivity contribution in [1.29, 1.82) is 0 Å². The van der Waals surface area contributed by atoms with Crippen LogP contribution in [0.15, 0.2) is 253 Å². The Morgan fingerprint density at radius 1 is 0.281 bits per heavy atom. The van der Waals surface area contributed by atoms with E-state index < -0.39 is 0 Å². The normalized spacial score (nSPS) is 11.4. The quantitative estimate of drug-likeness (QED) is 0.152. The molecule has 0 atom stereocenters. The van der Waals surface area contributed by atoms with Crippen LogP contribution in [0.25, 0.3) is 99.1 Å². The molecule has 0 aliphatic heterocycles. The number of fused-ring (bicyclic) bond motifs is 6. The van der Waals surface area contributed by atoms with Crippen LogP contribution in [-0.2, 0) is 0 Å². The van der Waals surface area contributed by atoms with Gasteiger partial charge in [0.1, 0.15) is 11.2 Å². The SMILES string of the molecule is c1ccc(-c2cccc(-c3ccc(N(c4cc(-c5cccc6ccccc56)ccc4-c4ccccc4)c4ccccc4-c4cccc5oc6c7ccccc7ccc6c45)cc3)c2)cc1. The lowest BCUT2D eigenvalue weighted by Gasteiger charge is -2.31. The second-order valence-corrected chi connectivity index (χ2v) is 16.4. The maximum atomic E-state index is 6.75. The van der Waals surface area contributed by atoms with Gasteiger partial charge in [-0.25, -0.2) is 0 Å². The topological polar surface area (TPSA) is 16.4 Å². The van der Waals surface area contributed by atoms with E-state index in [0.717, 1.165) is 83.2 Å². The second kappa shape index (κ2) is 15.8. The minimum Gasteiger partial charge on any atom is -0.455 e. The minimum absolute atomic E-state index is 0.871. The molecule has 0 spiro atoms. The zero-order chi connectivity index (χ0) is 42.4. The van der Waals surface area contributed by atoms with Gasteiger partial charge in [-0.3, -0.25) is 0 Å². The fourth-order valence-corrected chi connectivity index (χ4v) is 9.62. The summed E-state index contributed by atoms with van der Waals surface area (Å²) in [4.78, 5) is 2.47. The highest BCUT2D eigenvalue weighted by molar-refractivity contribution is 6.20. The summed E-state index contributed by atoms with van der Waals surface area (Å²) in [6.07, 6.45) is 0. The van der Waals surface area contributed by atoms with E-state index in [1.807, 2.05) is 0 Å². The van der Waals surface area contributed by atoms with E-state index in [1.165, 1.54) is 33.0 Å². The Morgan fingerprint density at radius 2 is 0.844 bits per heavy atom. The Morgan fingerprint density at radius 3 is 1.64 bits per heavy atom. The third-order valence-electron chi connectivity index (χ3n) is 12.7. The van der Waals surface area contributed by atoms with Crippen molar-refractivity contribution < 1.29 is 4.42 Å². The summed E-state index contributed by atoms with van der Waals surface area (Å²) in [5.74, 6) is 0. The summed E-state index contributed by atoms with van der Waals surface area (Å²) in [5, 5.41) is 6.94. The molecule has 0 unspecified atom stereocenters. The van der Waals surface area contributed by atoms with Gasteiger partial charge in [0.15, 0.2) is 0 Å². The summed E-state index contributed by atoms with van der Waals surface area (Å²) >= 11 is 0. The van der Waals surface area contributed by atoms with E-state index in [1.54, 1.807) is 0 Å². The van der Waals surface area contributed by atoms with E-state index in [9.17, 15) is 0 Å². The Balaban J connectivity index is 1.10. The molecule has 2 nitrogen and oxygen atoms in total. The molecule has 64 heavy (non-hydrogen) atoms. The zero-order valence-electron chi connectivity index (χ0n) is 35.0. The molecule has 0 aliphatic rings. The molecule has 0 amide bonds. The number of para-hydroxylation sites is 1. The van der Waals surface area contributed by atoms with Crippen LogP contribution in [-0.4, -0.2) is 0 Å². The average molecular weight is 816 g/mol. The highest BCUT2D eigenvalue weighted by Crippen LogP contribution is 2.49. The minimum atomic E-state index is 0.871. The molecular formula is C62H41NO. The molecule has 0 N–H and O–H groups in total. The van der Waals surface area contributed by atoms with Gasteiger partial charge in [0, 0.05) is 33.0 Å². The number of nitrogens with zero attached hydrogens (tertiary/aromatic N) is 1. The Hall–Kier alpha value is -8.46. The summed E-state index contributed by atoms with van der Waals surface area (Å²) in [7, 11) is 0. The molecule has 12 rings (SSSR count). The van der Waals surface area contributed by atoms with Crippen molar-refractivity contribution in [3.8, 4) is 55.6 Å². The van der Waals surface area contributed by atoms with E-state index in [4.69, 9.17) is 4.42 Å². The largest absolute Gasteiger partial charge is 0.455 e. The number of furan rings is 1.